The maximum Gasteiger partial charge on any atom is 0.573 e. The van der Waals surface area contributed by atoms with Crippen LogP contribution in [0, 0.1) is 0 Å². The van der Waals surface area contributed by atoms with E-state index in [-0.39, 0.29) is 17.8 Å². The number of benzene rings is 1. The Morgan fingerprint density at radius 1 is 1.15 bits per heavy atom. The lowest BCUT2D eigenvalue weighted by atomic mass is 10.1. The van der Waals surface area contributed by atoms with Gasteiger partial charge in [0.1, 0.15) is 23.6 Å². The van der Waals surface area contributed by atoms with E-state index >= 15 is 0 Å². The molecule has 3 unspecified atom stereocenters. The van der Waals surface area contributed by atoms with Crippen molar-refractivity contribution >= 4 is 28.8 Å². The Morgan fingerprint density at radius 3 is 2.29 bits per heavy atom. The maximum atomic E-state index is 13.3. The van der Waals surface area contributed by atoms with Crippen molar-refractivity contribution in [2.24, 2.45) is 0 Å². The lowest BCUT2D eigenvalue weighted by Gasteiger charge is -2.38. The van der Waals surface area contributed by atoms with E-state index in [0.29, 0.717) is 50.3 Å². The number of halogens is 3. The van der Waals surface area contributed by atoms with Crippen molar-refractivity contribution in [2.45, 2.75) is 56.9 Å². The molecule has 41 heavy (non-hydrogen) atoms. The summed E-state index contributed by atoms with van der Waals surface area (Å²) in [7, 11) is 5.51. The molecule has 8 nitrogen and oxygen atoms in total. The maximum absolute atomic E-state index is 13.3. The summed E-state index contributed by atoms with van der Waals surface area (Å²) in [4.78, 5) is 21.4. The number of hydroxylamine groups is 1. The van der Waals surface area contributed by atoms with Crippen molar-refractivity contribution in [3.8, 4) is 11.5 Å². The van der Waals surface area contributed by atoms with Gasteiger partial charge in [-0.1, -0.05) is 39.2 Å². The highest BCUT2D eigenvalue weighted by Gasteiger charge is 2.32. The lowest BCUT2D eigenvalue weighted by Crippen LogP contribution is -2.47. The first kappa shape index (κ1) is 33.2. The van der Waals surface area contributed by atoms with Crippen LogP contribution in [0.2, 0.25) is 0 Å². The van der Waals surface area contributed by atoms with Crippen LogP contribution in [-0.4, -0.2) is 79.6 Å². The molecule has 3 atom stereocenters. The minimum atomic E-state index is -4.74. The molecule has 2 aliphatic heterocycles. The first-order valence-corrected chi connectivity index (χ1v) is 16.2. The van der Waals surface area contributed by atoms with Crippen molar-refractivity contribution in [3.05, 3.63) is 60.1 Å². The molecule has 0 spiro atoms. The van der Waals surface area contributed by atoms with Crippen LogP contribution in [0.3, 0.4) is 0 Å². The molecule has 0 bridgehead atoms. The number of nitrogens with one attached hydrogen (secondary N) is 1. The van der Waals surface area contributed by atoms with Crippen LogP contribution in [0.25, 0.3) is 0 Å². The zero-order chi connectivity index (χ0) is 30.2. The molecule has 2 aliphatic rings. The molecule has 1 aromatic rings. The smallest absolute Gasteiger partial charge is 0.490 e. The van der Waals surface area contributed by atoms with Gasteiger partial charge in [-0.05, 0) is 69.6 Å². The number of carbonyl (C=O) groups is 1. The third-order valence-corrected chi connectivity index (χ3v) is 10.6. The van der Waals surface area contributed by atoms with Crippen molar-refractivity contribution in [1.29, 1.82) is 0 Å². The van der Waals surface area contributed by atoms with E-state index in [9.17, 15) is 18.0 Å². The molecule has 1 N–H and O–H groups in total. The Labute approximate surface area is 242 Å². The Bertz CT molecular complexity index is 1190. The van der Waals surface area contributed by atoms with Gasteiger partial charge in [0, 0.05) is 31.0 Å². The predicted molar refractivity (Wildman–Crippen MR) is 159 cm³/mol. The highest BCUT2D eigenvalue weighted by atomic mass is 32.5. The Balaban J connectivity index is 1.68. The summed E-state index contributed by atoms with van der Waals surface area (Å²) in [6.07, 6.45) is 1.97. The van der Waals surface area contributed by atoms with Crippen molar-refractivity contribution in [2.75, 3.05) is 33.8 Å². The summed E-state index contributed by atoms with van der Waals surface area (Å²) in [5.41, 5.74) is 3.21. The number of nitrogens with zero attached hydrogens (tertiary/aromatic N) is 2. The molecule has 1 amide bonds. The van der Waals surface area contributed by atoms with E-state index < -0.39 is 27.7 Å². The fraction of sp³-hybridized carbons (Fsp3) is 0.500. The molecule has 13 heteroatoms. The number of likely N-dealkylation sites (N-methyl/N-ethyl adjacent to an activating group) is 1. The molecule has 228 valence electrons. The van der Waals surface area contributed by atoms with Crippen LogP contribution in [0.4, 0.5) is 13.2 Å². The zero-order valence-corrected chi connectivity index (χ0v) is 25.3. The highest BCUT2D eigenvalue weighted by molar-refractivity contribution is 8.28. The fourth-order valence-electron chi connectivity index (χ4n) is 4.75. The van der Waals surface area contributed by atoms with E-state index in [1.807, 2.05) is 0 Å². The highest BCUT2D eigenvalue weighted by Crippen LogP contribution is 2.31. The van der Waals surface area contributed by atoms with Crippen molar-refractivity contribution in [3.63, 3.8) is 0 Å². The van der Waals surface area contributed by atoms with Gasteiger partial charge in [0.2, 0.25) is 0 Å². The topological polar surface area (TPSA) is 72.5 Å². The number of rotatable bonds is 12. The molecular formula is C28H39F3N3O5PS. The number of alkyl halides is 3. The van der Waals surface area contributed by atoms with Crippen molar-refractivity contribution < 1.29 is 37.0 Å². The van der Waals surface area contributed by atoms with E-state index in [4.69, 9.17) is 14.3 Å². The molecule has 0 aliphatic carbocycles. The number of ether oxygens (including phenoxy) is 3. The van der Waals surface area contributed by atoms with E-state index in [2.05, 4.69) is 41.6 Å². The average Bonchev–Trinajstić information content (AvgIpc) is 2.92. The number of hydrogen-bond acceptors (Lipinski definition) is 6. The summed E-state index contributed by atoms with van der Waals surface area (Å²) in [5, 5.41) is 0. The summed E-state index contributed by atoms with van der Waals surface area (Å²) in [5.74, 6) is 4.30. The summed E-state index contributed by atoms with van der Waals surface area (Å²) in [6.45, 7) is 9.86. The molecular weight excluding hydrogens is 578 g/mol. The molecule has 2 saturated heterocycles. The van der Waals surface area contributed by atoms with E-state index in [0.717, 1.165) is 17.7 Å². The van der Waals surface area contributed by atoms with Crippen LogP contribution in [0.15, 0.2) is 60.1 Å². The molecule has 0 radical (unpaired) electrons. The van der Waals surface area contributed by atoms with Crippen molar-refractivity contribution in [1.82, 2.24) is 14.7 Å². The second-order valence-corrected chi connectivity index (χ2v) is 14.3. The van der Waals surface area contributed by atoms with E-state index in [1.54, 1.807) is 31.1 Å². The number of amides is 1. The second-order valence-electron chi connectivity index (χ2n) is 9.94. The Kier molecular flexibility index (Phi) is 11.9. The number of carbonyl (C=O) groups excluding carboxylic acids is 1. The van der Waals surface area contributed by atoms with Gasteiger partial charge in [-0.15, -0.1) is 22.2 Å². The molecule has 3 rings (SSSR count). The minimum Gasteiger partial charge on any atom is -0.490 e. The van der Waals surface area contributed by atoms with Crippen LogP contribution in [0.5, 0.6) is 11.5 Å². The Hall–Kier alpha value is -2.34. The minimum absolute atomic E-state index is 0.128. The number of hydrogen-bond donors (Lipinski definition) is 1. The summed E-state index contributed by atoms with van der Waals surface area (Å²) < 4.78 is 54.9. The monoisotopic (exact) mass is 617 g/mol. The van der Waals surface area contributed by atoms with Gasteiger partial charge in [-0.25, -0.2) is 10.3 Å². The molecule has 0 saturated carbocycles. The van der Waals surface area contributed by atoms with Crippen LogP contribution >= 0.6 is 8.02 Å². The van der Waals surface area contributed by atoms with Gasteiger partial charge >= 0.3 is 6.36 Å². The van der Waals surface area contributed by atoms with E-state index in [1.165, 1.54) is 24.3 Å². The van der Waals surface area contributed by atoms with Crippen LogP contribution in [-0.2, 0) is 23.4 Å². The molecule has 2 fully saturated rings. The van der Waals surface area contributed by atoms with Gasteiger partial charge < -0.3 is 14.2 Å². The third-order valence-electron chi connectivity index (χ3n) is 6.74. The lowest BCUT2D eigenvalue weighted by molar-refractivity contribution is -0.274. The van der Waals surface area contributed by atoms with Gasteiger partial charge in [-0.2, -0.15) is 0 Å². The first-order chi connectivity index (χ1) is 19.4. The van der Waals surface area contributed by atoms with Gasteiger partial charge in [0.15, 0.2) is 6.29 Å². The largest absolute Gasteiger partial charge is 0.573 e. The standard InChI is InChI=1S/C28H39F3N3O5PS/c1-6-23(26(33(3)4)27(35)32-39-25-10-8-9-19-36-25)24(7-2)41(5,40)34-17-15-21(16-18-34)37-20-11-13-22(14-12-20)38-28(29,30)31/h6-7,11-14,21,25-26,40H,1-2,5,8-10,15-19H2,3-4H3,(H,32,35)/b24-23-. The number of allylic oxidation sites excluding steroid dienone is 1. The number of piperidine rings is 1. The molecule has 1 aromatic carbocycles. The summed E-state index contributed by atoms with van der Waals surface area (Å²) >= 11 is 0. The van der Waals surface area contributed by atoms with Gasteiger partial charge in [-0.3, -0.25) is 14.0 Å². The third kappa shape index (κ3) is 9.33. The fourth-order valence-corrected chi connectivity index (χ4v) is 7.87. The van der Waals surface area contributed by atoms with Crippen LogP contribution in [0.1, 0.15) is 32.1 Å². The molecule has 2 heterocycles. The van der Waals surface area contributed by atoms with Gasteiger partial charge in [0.05, 0.1) is 0 Å². The average molecular weight is 618 g/mol. The summed E-state index contributed by atoms with van der Waals surface area (Å²) in [6, 6.07) is 4.65. The first-order valence-electron chi connectivity index (χ1n) is 13.3. The second kappa shape index (κ2) is 14.7. The Morgan fingerprint density at radius 2 is 1.78 bits per heavy atom. The predicted octanol–water partition coefficient (Wildman–Crippen LogP) is 5.12. The SMILES string of the molecule is C=C/C(=C(\C=C)S(=C)(=P)N1CCC(Oc2ccc(OC(F)(F)F)cc2)CC1)C(C(=O)NOC1CCCCO1)N(C)C. The van der Waals surface area contributed by atoms with Crippen LogP contribution < -0.4 is 15.0 Å². The molecule has 0 aromatic heterocycles. The van der Waals surface area contributed by atoms with Gasteiger partial charge in [0.25, 0.3) is 5.91 Å². The normalized spacial score (nSPS) is 21.8. The zero-order valence-electron chi connectivity index (χ0n) is 23.5. The quantitative estimate of drug-likeness (QED) is 0.151.